The lowest BCUT2D eigenvalue weighted by Gasteiger charge is -2.30. The van der Waals surface area contributed by atoms with Crippen LogP contribution in [0.4, 0.5) is 19.0 Å². The number of ether oxygens (including phenoxy) is 1. The van der Waals surface area contributed by atoms with Gasteiger partial charge in [-0.1, -0.05) is 12.0 Å². The first-order valence-corrected chi connectivity index (χ1v) is 14.1. The maximum absolute atomic E-state index is 16.6. The number of pyridine rings is 1. The second-order valence-electron chi connectivity index (χ2n) is 11.4. The number of anilines is 1. The monoisotopic (exact) mass is 574 g/mol. The molecule has 3 saturated heterocycles. The van der Waals surface area contributed by atoms with Crippen molar-refractivity contribution in [3.05, 3.63) is 47.7 Å². The Bertz CT molecular complexity index is 1780. The molecule has 42 heavy (non-hydrogen) atoms. The van der Waals surface area contributed by atoms with E-state index in [9.17, 15) is 13.9 Å². The Labute approximate surface area is 240 Å². The van der Waals surface area contributed by atoms with Gasteiger partial charge in [-0.3, -0.25) is 9.91 Å². The summed E-state index contributed by atoms with van der Waals surface area (Å²) < 4.78 is 51.7. The molecule has 0 saturated carbocycles. The number of nitrogens with zero attached hydrogens (tertiary/aromatic N) is 6. The number of hydrogen-bond acceptors (Lipinski definition) is 8. The van der Waals surface area contributed by atoms with Gasteiger partial charge in [0.05, 0.1) is 16.5 Å². The van der Waals surface area contributed by atoms with Gasteiger partial charge in [-0.15, -0.1) is 6.42 Å². The topological polar surface area (TPSA) is 77.9 Å². The zero-order valence-electron chi connectivity index (χ0n) is 23.1. The quantitative estimate of drug-likeness (QED) is 0.340. The lowest BCUT2D eigenvalue weighted by atomic mass is 9.95. The average molecular weight is 575 g/mol. The van der Waals surface area contributed by atoms with Crippen LogP contribution in [0.15, 0.2) is 30.5 Å². The van der Waals surface area contributed by atoms with Crippen molar-refractivity contribution in [2.24, 2.45) is 0 Å². The SMILES string of the molecule is C#Cc1c(F)ccc2cc(O)cc(-c3nc(N4CCCN4C)c4cnc(OC[C@@]56CCCN5C[C@H](F)C6)nc4c3F)c12. The molecule has 4 aromatic rings. The molecule has 3 aliphatic heterocycles. The Morgan fingerprint density at radius 3 is 2.81 bits per heavy atom. The highest BCUT2D eigenvalue weighted by Crippen LogP contribution is 2.42. The number of phenols is 1. The van der Waals surface area contributed by atoms with Gasteiger partial charge in [-0.25, -0.2) is 28.1 Å². The summed E-state index contributed by atoms with van der Waals surface area (Å²) in [6.07, 6.45) is 9.28. The zero-order valence-corrected chi connectivity index (χ0v) is 23.1. The second-order valence-corrected chi connectivity index (χ2v) is 11.4. The summed E-state index contributed by atoms with van der Waals surface area (Å²) in [7, 11) is 1.91. The number of hydrogen-bond donors (Lipinski definition) is 1. The first kappa shape index (κ1) is 26.7. The molecule has 2 aromatic heterocycles. The van der Waals surface area contributed by atoms with Gasteiger partial charge in [0.1, 0.15) is 35.6 Å². The van der Waals surface area contributed by atoms with Crippen molar-refractivity contribution < 1.29 is 23.0 Å². The maximum atomic E-state index is 16.6. The smallest absolute Gasteiger partial charge is 0.317 e. The van der Waals surface area contributed by atoms with Gasteiger partial charge in [-0.2, -0.15) is 4.98 Å². The fraction of sp³-hybridized carbons (Fsp3) is 0.387. The molecule has 0 radical (unpaired) electrons. The van der Waals surface area contributed by atoms with Crippen molar-refractivity contribution in [2.75, 3.05) is 44.8 Å². The number of rotatable bonds is 5. The van der Waals surface area contributed by atoms with E-state index in [4.69, 9.17) is 16.1 Å². The fourth-order valence-corrected chi connectivity index (χ4v) is 6.88. The number of alkyl halides is 1. The summed E-state index contributed by atoms with van der Waals surface area (Å²) in [5.41, 5.74) is -0.507. The minimum Gasteiger partial charge on any atom is -0.508 e. The number of fused-ring (bicyclic) bond motifs is 3. The summed E-state index contributed by atoms with van der Waals surface area (Å²) >= 11 is 0. The van der Waals surface area contributed by atoms with Crippen LogP contribution in [0.5, 0.6) is 11.8 Å². The lowest BCUT2D eigenvalue weighted by molar-refractivity contribution is 0.107. The van der Waals surface area contributed by atoms with Gasteiger partial charge in [0, 0.05) is 50.2 Å². The van der Waals surface area contributed by atoms with Gasteiger partial charge in [0.15, 0.2) is 11.6 Å². The van der Waals surface area contributed by atoms with Crippen LogP contribution < -0.4 is 9.75 Å². The molecule has 3 aliphatic rings. The third kappa shape index (κ3) is 4.20. The summed E-state index contributed by atoms with van der Waals surface area (Å²) in [6, 6.07) is 5.44. The minimum atomic E-state index is -0.910. The minimum absolute atomic E-state index is 0.0288. The molecule has 3 fully saturated rings. The molecule has 0 aliphatic carbocycles. The van der Waals surface area contributed by atoms with E-state index in [2.05, 4.69) is 20.8 Å². The van der Waals surface area contributed by atoms with Crippen molar-refractivity contribution in [3.63, 3.8) is 0 Å². The molecule has 0 spiro atoms. The van der Waals surface area contributed by atoms with Gasteiger partial charge >= 0.3 is 6.01 Å². The van der Waals surface area contributed by atoms with Crippen LogP contribution in [0.1, 0.15) is 31.2 Å². The third-order valence-electron chi connectivity index (χ3n) is 8.83. The molecule has 0 amide bonds. The molecule has 2 aromatic carbocycles. The van der Waals surface area contributed by atoms with Crippen LogP contribution in [-0.2, 0) is 0 Å². The Morgan fingerprint density at radius 1 is 1.17 bits per heavy atom. The first-order chi connectivity index (χ1) is 20.3. The number of aromatic hydroxyl groups is 1. The van der Waals surface area contributed by atoms with E-state index in [-0.39, 0.29) is 46.1 Å². The number of terminal acetylenes is 1. The van der Waals surface area contributed by atoms with Crippen LogP contribution in [0.3, 0.4) is 0 Å². The molecule has 0 unspecified atom stereocenters. The van der Waals surface area contributed by atoms with Crippen molar-refractivity contribution in [1.82, 2.24) is 24.9 Å². The van der Waals surface area contributed by atoms with Crippen molar-refractivity contribution in [1.29, 1.82) is 0 Å². The lowest BCUT2D eigenvalue weighted by Crippen LogP contribution is -2.43. The van der Waals surface area contributed by atoms with E-state index < -0.39 is 23.3 Å². The Balaban J connectivity index is 1.40. The summed E-state index contributed by atoms with van der Waals surface area (Å²) in [5.74, 6) is 1.21. The van der Waals surface area contributed by atoms with Crippen molar-refractivity contribution >= 4 is 27.5 Å². The van der Waals surface area contributed by atoms with Gasteiger partial charge in [0.2, 0.25) is 0 Å². The summed E-state index contributed by atoms with van der Waals surface area (Å²) in [6.45, 7) is 2.80. The number of hydrazine groups is 1. The molecule has 8 nitrogen and oxygen atoms in total. The van der Waals surface area contributed by atoms with E-state index in [0.717, 1.165) is 32.4 Å². The van der Waals surface area contributed by atoms with Crippen LogP contribution >= 0.6 is 0 Å². The van der Waals surface area contributed by atoms with Crippen LogP contribution in [-0.4, -0.2) is 81.5 Å². The summed E-state index contributed by atoms with van der Waals surface area (Å²) in [5, 5.41) is 15.5. The predicted octanol–water partition coefficient (Wildman–Crippen LogP) is 4.82. The highest BCUT2D eigenvalue weighted by atomic mass is 19.1. The van der Waals surface area contributed by atoms with Crippen molar-refractivity contribution in [3.8, 4) is 35.4 Å². The molecule has 2 atom stereocenters. The normalized spacial score (nSPS) is 22.7. The van der Waals surface area contributed by atoms with E-state index in [1.165, 1.54) is 30.5 Å². The molecular formula is C31H29F3N6O2. The maximum Gasteiger partial charge on any atom is 0.317 e. The molecule has 1 N–H and O–H groups in total. The van der Waals surface area contributed by atoms with E-state index >= 15 is 4.39 Å². The second kappa shape index (κ2) is 10.00. The first-order valence-electron chi connectivity index (χ1n) is 14.1. The Kier molecular flexibility index (Phi) is 6.36. The van der Waals surface area contributed by atoms with Crippen LogP contribution in [0, 0.1) is 24.0 Å². The van der Waals surface area contributed by atoms with E-state index in [0.29, 0.717) is 36.1 Å². The zero-order chi connectivity index (χ0) is 29.2. The van der Waals surface area contributed by atoms with Gasteiger partial charge in [0.25, 0.3) is 0 Å². The Morgan fingerprint density at radius 2 is 2.02 bits per heavy atom. The third-order valence-corrected chi connectivity index (χ3v) is 8.83. The predicted molar refractivity (Wildman–Crippen MR) is 153 cm³/mol. The van der Waals surface area contributed by atoms with E-state index in [1.54, 1.807) is 0 Å². The van der Waals surface area contributed by atoms with Crippen molar-refractivity contribution in [2.45, 2.75) is 37.4 Å². The van der Waals surface area contributed by atoms with Gasteiger partial charge < -0.3 is 9.84 Å². The fourth-order valence-electron chi connectivity index (χ4n) is 6.88. The number of aromatic nitrogens is 3. The summed E-state index contributed by atoms with van der Waals surface area (Å²) in [4.78, 5) is 15.7. The molecular weight excluding hydrogens is 545 g/mol. The standard InChI is InChI=1S/C31H29F3N6O2/c1-3-21-24(33)7-6-18-12-20(41)13-22(25(18)21)27-26(34)28-23(29(36-27)40-11-5-9-38(40)2)15-35-30(37-28)42-17-31-8-4-10-39(31)16-19(32)14-31/h1,6-7,12-13,15,19,41H,4-5,8-11,14,16-17H2,2H3/t19-,31+/m1/s1. The van der Waals surface area contributed by atoms with Gasteiger partial charge in [-0.05, 0) is 49.4 Å². The molecule has 7 rings (SSSR count). The number of halogens is 3. The molecule has 11 heteroatoms. The number of benzene rings is 2. The number of phenolic OH excluding ortho intramolecular Hbond substituents is 1. The molecule has 0 bridgehead atoms. The van der Waals surface area contributed by atoms with Crippen LogP contribution in [0.2, 0.25) is 0 Å². The largest absolute Gasteiger partial charge is 0.508 e. The molecule has 216 valence electrons. The van der Waals surface area contributed by atoms with E-state index in [1.807, 2.05) is 17.1 Å². The Hall–Kier alpha value is -4.14. The highest BCUT2D eigenvalue weighted by Gasteiger charge is 2.49. The average Bonchev–Trinajstić information content (AvgIpc) is 3.65. The van der Waals surface area contributed by atoms with Crippen LogP contribution in [0.25, 0.3) is 32.9 Å². The highest BCUT2D eigenvalue weighted by molar-refractivity contribution is 6.03. The molecule has 5 heterocycles.